The summed E-state index contributed by atoms with van der Waals surface area (Å²) in [5.41, 5.74) is 0.0940. The highest BCUT2D eigenvalue weighted by Gasteiger charge is 2.45. The minimum absolute atomic E-state index is 0.0940. The van der Waals surface area contributed by atoms with Crippen LogP contribution in [0.5, 0.6) is 0 Å². The molecule has 0 bridgehead atoms. The molecular weight excluding hydrogens is 730 g/mol. The molecule has 0 radical (unpaired) electrons. The second-order valence-electron chi connectivity index (χ2n) is 16.0. The van der Waals surface area contributed by atoms with Crippen molar-refractivity contribution in [2.75, 3.05) is 26.2 Å². The molecule has 1 aromatic rings. The highest BCUT2D eigenvalue weighted by Crippen LogP contribution is 2.28. The number of nitrogens with zero attached hydrogens (tertiary/aromatic N) is 3. The molecule has 4 saturated heterocycles. The molecule has 6 rings (SSSR count). The van der Waals surface area contributed by atoms with E-state index in [0.717, 1.165) is 44.2 Å². The number of carbonyl (C=O) groups is 7. The molecule has 14 nitrogen and oxygen atoms in total. The number of cyclic esters (lactones) is 1. The molecule has 56 heavy (non-hydrogen) atoms. The lowest BCUT2D eigenvalue weighted by Gasteiger charge is -2.39. The van der Waals surface area contributed by atoms with E-state index in [0.29, 0.717) is 56.9 Å². The van der Waals surface area contributed by atoms with Gasteiger partial charge in [0, 0.05) is 38.5 Å². The van der Waals surface area contributed by atoms with Gasteiger partial charge in [0.15, 0.2) is 0 Å². The number of esters is 1. The van der Waals surface area contributed by atoms with E-state index in [1.165, 1.54) is 21.6 Å². The summed E-state index contributed by atoms with van der Waals surface area (Å²) in [6, 6.07) is -3.89. The number of rotatable bonds is 8. The summed E-state index contributed by atoms with van der Waals surface area (Å²) in [5, 5.41) is 8.10. The summed E-state index contributed by atoms with van der Waals surface area (Å²) >= 11 is 0. The van der Waals surface area contributed by atoms with Crippen LogP contribution in [0.3, 0.4) is 0 Å². The Bertz CT molecular complexity index is 1650. The first-order chi connectivity index (χ1) is 26.9. The van der Waals surface area contributed by atoms with Crippen molar-refractivity contribution in [2.24, 2.45) is 5.92 Å². The predicted molar refractivity (Wildman–Crippen MR) is 197 cm³/mol. The molecule has 0 spiro atoms. The first kappa shape index (κ1) is 41.0. The van der Waals surface area contributed by atoms with E-state index >= 15 is 0 Å². The van der Waals surface area contributed by atoms with Gasteiger partial charge in [-0.25, -0.2) is 13.6 Å². The summed E-state index contributed by atoms with van der Waals surface area (Å²) in [7, 11) is 0. The average molecular weight is 785 g/mol. The van der Waals surface area contributed by atoms with E-state index in [1.807, 2.05) is 0 Å². The standard InChI is InChI=1S/C40H54F2N6O8/c1-24-37(52)48-18-8-13-33(48)40(55)56-23-30(38(53)47-17-7-12-32(47)39(54)46-16-6-5-11-31(46)36(51)43-24)45-35(50)29(21-26-19-27(41)22-28(42)20-26)44-34(49)15-14-25-9-3-2-4-10-25/h19-20,22,24-25,29-33H,2-18,21,23H2,1H3,(H,43,51)(H,44,49)(H,45,50)/t24-,29-,30-,31-,32-,33-/m0/s1. The first-order valence-corrected chi connectivity index (χ1v) is 20.3. The lowest BCUT2D eigenvalue weighted by molar-refractivity contribution is -0.158. The smallest absolute Gasteiger partial charge is 0.328 e. The van der Waals surface area contributed by atoms with Gasteiger partial charge in [0.1, 0.15) is 54.5 Å². The summed E-state index contributed by atoms with van der Waals surface area (Å²) in [6.07, 6.45) is 9.06. The maximum Gasteiger partial charge on any atom is 0.328 e. The number of fused-ring (bicyclic) bond motifs is 3. The monoisotopic (exact) mass is 784 g/mol. The van der Waals surface area contributed by atoms with Gasteiger partial charge in [-0.1, -0.05) is 32.1 Å². The van der Waals surface area contributed by atoms with Crippen molar-refractivity contribution >= 4 is 41.4 Å². The second kappa shape index (κ2) is 18.5. The third kappa shape index (κ3) is 9.84. The SMILES string of the molecule is C[C@@H]1NC(=O)[C@@H]2CCCCN2C(=O)[C@@H]2CCCN2C(=O)[C@@H](NC(=O)[C@H](Cc2cc(F)cc(F)c2)NC(=O)CCC2CCCCC2)COC(=O)[C@@H]2CCCN2C1=O. The third-order valence-corrected chi connectivity index (χ3v) is 12.0. The Morgan fingerprint density at radius 2 is 1.38 bits per heavy atom. The van der Waals surface area contributed by atoms with E-state index in [-0.39, 0.29) is 44.5 Å². The highest BCUT2D eigenvalue weighted by molar-refractivity contribution is 5.97. The van der Waals surface area contributed by atoms with Gasteiger partial charge in [-0.05, 0) is 81.9 Å². The zero-order valence-electron chi connectivity index (χ0n) is 32.1. The van der Waals surface area contributed by atoms with Crippen LogP contribution in [0.4, 0.5) is 8.78 Å². The molecule has 1 saturated carbocycles. The van der Waals surface area contributed by atoms with Crippen molar-refractivity contribution < 1.29 is 47.1 Å². The molecule has 6 amide bonds. The van der Waals surface area contributed by atoms with Gasteiger partial charge in [0.05, 0.1) is 0 Å². The van der Waals surface area contributed by atoms with Gasteiger partial charge >= 0.3 is 5.97 Å². The number of hydrogen-bond donors (Lipinski definition) is 3. The molecule has 5 aliphatic rings. The van der Waals surface area contributed by atoms with Crippen molar-refractivity contribution in [3.05, 3.63) is 35.4 Å². The molecule has 4 heterocycles. The highest BCUT2D eigenvalue weighted by atomic mass is 19.1. The topological polar surface area (TPSA) is 175 Å². The Morgan fingerprint density at radius 1 is 0.768 bits per heavy atom. The number of piperidine rings is 1. The van der Waals surface area contributed by atoms with Crippen molar-refractivity contribution in [3.8, 4) is 0 Å². The van der Waals surface area contributed by atoms with Crippen LogP contribution in [0.1, 0.15) is 102 Å². The van der Waals surface area contributed by atoms with Crippen LogP contribution in [-0.4, -0.2) is 119 Å². The fourth-order valence-corrected chi connectivity index (χ4v) is 9.00. The van der Waals surface area contributed by atoms with Crippen LogP contribution < -0.4 is 16.0 Å². The van der Waals surface area contributed by atoms with Gasteiger partial charge in [0.2, 0.25) is 35.4 Å². The summed E-state index contributed by atoms with van der Waals surface area (Å²) in [5.74, 6) is -5.57. The number of benzene rings is 1. The molecule has 306 valence electrons. The maximum atomic E-state index is 14.4. The lowest BCUT2D eigenvalue weighted by atomic mass is 9.86. The quantitative estimate of drug-likeness (QED) is 0.337. The fourth-order valence-electron chi connectivity index (χ4n) is 9.00. The van der Waals surface area contributed by atoms with Crippen molar-refractivity contribution in [3.63, 3.8) is 0 Å². The lowest BCUT2D eigenvalue weighted by Crippen LogP contribution is -2.62. The van der Waals surface area contributed by atoms with Crippen molar-refractivity contribution in [2.45, 2.75) is 139 Å². The molecular formula is C40H54F2N6O8. The Balaban J connectivity index is 1.27. The average Bonchev–Trinajstić information content (AvgIpc) is 3.88. The molecule has 1 aromatic carbocycles. The number of carbonyl (C=O) groups excluding carboxylic acids is 7. The van der Waals surface area contributed by atoms with Crippen LogP contribution in [0.15, 0.2) is 18.2 Å². The van der Waals surface area contributed by atoms with Crippen molar-refractivity contribution in [1.29, 1.82) is 0 Å². The van der Waals surface area contributed by atoms with E-state index < -0.39 is 95.9 Å². The van der Waals surface area contributed by atoms with Crippen LogP contribution in [0, 0.1) is 17.6 Å². The molecule has 0 aromatic heterocycles. The van der Waals surface area contributed by atoms with Crippen LogP contribution in [-0.2, 0) is 44.7 Å². The van der Waals surface area contributed by atoms with E-state index in [4.69, 9.17) is 4.74 Å². The molecule has 4 aliphatic heterocycles. The molecule has 3 N–H and O–H groups in total. The zero-order chi connectivity index (χ0) is 39.9. The van der Waals surface area contributed by atoms with Gasteiger partial charge in [-0.2, -0.15) is 0 Å². The fraction of sp³-hybridized carbons (Fsp3) is 0.675. The van der Waals surface area contributed by atoms with Crippen molar-refractivity contribution in [1.82, 2.24) is 30.7 Å². The first-order valence-electron chi connectivity index (χ1n) is 20.3. The Morgan fingerprint density at radius 3 is 2.09 bits per heavy atom. The summed E-state index contributed by atoms with van der Waals surface area (Å²) < 4.78 is 34.2. The van der Waals surface area contributed by atoms with Crippen LogP contribution in [0.2, 0.25) is 0 Å². The molecule has 0 unspecified atom stereocenters. The number of nitrogens with one attached hydrogen (secondary N) is 3. The molecule has 16 heteroatoms. The van der Waals surface area contributed by atoms with E-state index in [9.17, 15) is 42.3 Å². The largest absolute Gasteiger partial charge is 0.461 e. The minimum atomic E-state index is -1.52. The van der Waals surface area contributed by atoms with E-state index in [2.05, 4.69) is 16.0 Å². The number of halogens is 2. The predicted octanol–water partition coefficient (Wildman–Crippen LogP) is 2.26. The normalized spacial score (nSPS) is 27.5. The number of amides is 6. The number of hydrogen-bond acceptors (Lipinski definition) is 8. The van der Waals surface area contributed by atoms with Crippen LogP contribution in [0.25, 0.3) is 0 Å². The van der Waals surface area contributed by atoms with Gasteiger partial charge < -0.3 is 35.4 Å². The Labute approximate surface area is 325 Å². The minimum Gasteiger partial charge on any atom is -0.461 e. The zero-order valence-corrected chi connectivity index (χ0v) is 32.1. The maximum absolute atomic E-state index is 14.4. The number of ether oxygens (including phenoxy) is 1. The van der Waals surface area contributed by atoms with Gasteiger partial charge in [-0.15, -0.1) is 0 Å². The molecule has 6 atom stereocenters. The summed E-state index contributed by atoms with van der Waals surface area (Å²) in [6.45, 7) is 1.57. The third-order valence-electron chi connectivity index (χ3n) is 12.0. The molecule has 5 fully saturated rings. The van der Waals surface area contributed by atoms with Gasteiger partial charge in [-0.3, -0.25) is 28.8 Å². The summed E-state index contributed by atoms with van der Waals surface area (Å²) in [4.78, 5) is 101. The van der Waals surface area contributed by atoms with E-state index in [1.54, 1.807) is 0 Å². The van der Waals surface area contributed by atoms with Crippen LogP contribution >= 0.6 is 0 Å². The Hall–Kier alpha value is -4.63. The Kier molecular flexibility index (Phi) is 13.6. The molecule has 1 aliphatic carbocycles. The van der Waals surface area contributed by atoms with Gasteiger partial charge in [0.25, 0.3) is 0 Å². The second-order valence-corrected chi connectivity index (χ2v) is 16.0.